The number of aliphatic hydroxyl groups is 2. The van der Waals surface area contributed by atoms with Crippen molar-refractivity contribution in [1.82, 2.24) is 10.3 Å². The molecule has 5 atom stereocenters. The van der Waals surface area contributed by atoms with Gasteiger partial charge in [0.15, 0.2) is 5.13 Å². The van der Waals surface area contributed by atoms with Gasteiger partial charge in [-0.2, -0.15) is 0 Å². The molecule has 0 bridgehead atoms. The zero-order valence-corrected chi connectivity index (χ0v) is 22.5. The molecule has 5 rings (SSSR count). The van der Waals surface area contributed by atoms with Crippen LogP contribution in [0.5, 0.6) is 0 Å². The third-order valence-corrected chi connectivity index (χ3v) is 10.4. The average Bonchev–Trinajstić information content (AvgIpc) is 3.22. The van der Waals surface area contributed by atoms with Crippen molar-refractivity contribution >= 4 is 28.3 Å². The van der Waals surface area contributed by atoms with Gasteiger partial charge in [-0.3, -0.25) is 9.59 Å². The van der Waals surface area contributed by atoms with Gasteiger partial charge >= 0.3 is 0 Å². The topological polar surface area (TPSA) is 112 Å². The summed E-state index contributed by atoms with van der Waals surface area (Å²) in [6.45, 7) is 3.81. The predicted octanol–water partition coefficient (Wildman–Crippen LogP) is 4.28. The van der Waals surface area contributed by atoms with E-state index in [1.165, 1.54) is 23.5 Å². The maximum absolute atomic E-state index is 13.6. The quantitative estimate of drug-likeness (QED) is 0.414. The molecule has 1 aromatic carbocycles. The highest BCUT2D eigenvalue weighted by Crippen LogP contribution is 2.62. The summed E-state index contributed by atoms with van der Waals surface area (Å²) in [5, 5.41) is 27.6. The second-order valence-electron chi connectivity index (χ2n) is 11.7. The van der Waals surface area contributed by atoms with Crippen molar-refractivity contribution in [2.45, 2.75) is 77.4 Å². The van der Waals surface area contributed by atoms with Crippen LogP contribution in [-0.4, -0.2) is 39.7 Å². The summed E-state index contributed by atoms with van der Waals surface area (Å²) in [7, 11) is 0. The highest BCUT2D eigenvalue weighted by molar-refractivity contribution is 7.15. The van der Waals surface area contributed by atoms with Crippen molar-refractivity contribution in [2.75, 3.05) is 11.9 Å². The van der Waals surface area contributed by atoms with Crippen LogP contribution in [-0.2, 0) is 22.6 Å². The lowest BCUT2D eigenvalue weighted by Gasteiger charge is -2.58. The van der Waals surface area contributed by atoms with Crippen LogP contribution in [0, 0.1) is 34.3 Å². The van der Waals surface area contributed by atoms with Gasteiger partial charge in [-0.25, -0.2) is 13.8 Å². The summed E-state index contributed by atoms with van der Waals surface area (Å²) in [6, 6.07) is 3.16. The van der Waals surface area contributed by atoms with Crippen LogP contribution < -0.4 is 10.6 Å². The first-order valence-electron chi connectivity index (χ1n) is 13.3. The van der Waals surface area contributed by atoms with E-state index in [0.717, 1.165) is 35.9 Å². The number of carbonyl (C=O) groups is 2. The molecule has 2 saturated carbocycles. The van der Waals surface area contributed by atoms with E-state index in [1.54, 1.807) is 0 Å². The minimum Gasteiger partial charge on any atom is -0.396 e. The lowest BCUT2D eigenvalue weighted by molar-refractivity contribution is -0.144. The summed E-state index contributed by atoms with van der Waals surface area (Å²) >= 11 is 1.41. The largest absolute Gasteiger partial charge is 0.396 e. The molecule has 206 valence electrons. The number of hydrogen-bond donors (Lipinski definition) is 4. The lowest BCUT2D eigenvalue weighted by Crippen LogP contribution is -2.57. The van der Waals surface area contributed by atoms with E-state index >= 15 is 0 Å². The Balaban J connectivity index is 1.42. The molecule has 2 amide bonds. The molecule has 2 aromatic rings. The number of nitrogens with one attached hydrogen (secondary N) is 2. The molecule has 7 nitrogen and oxygen atoms in total. The summed E-state index contributed by atoms with van der Waals surface area (Å²) in [5.41, 5.74) is -0.0819. The molecule has 1 aromatic heterocycles. The van der Waals surface area contributed by atoms with Crippen molar-refractivity contribution in [3.63, 3.8) is 0 Å². The molecule has 3 aliphatic rings. The molecular formula is C28H35F2N3O4S. The van der Waals surface area contributed by atoms with Gasteiger partial charge < -0.3 is 20.8 Å². The second kappa shape index (κ2) is 10.3. The van der Waals surface area contributed by atoms with E-state index in [4.69, 9.17) is 4.98 Å². The van der Waals surface area contributed by atoms with Gasteiger partial charge in [0.05, 0.1) is 18.4 Å². The Morgan fingerprint density at radius 3 is 2.50 bits per heavy atom. The van der Waals surface area contributed by atoms with Crippen LogP contribution >= 0.6 is 11.3 Å². The Hall–Kier alpha value is -2.43. The fourth-order valence-corrected chi connectivity index (χ4v) is 7.82. The third-order valence-electron chi connectivity index (χ3n) is 9.40. The van der Waals surface area contributed by atoms with Gasteiger partial charge in [0.2, 0.25) is 11.8 Å². The number of benzene rings is 1. The Bertz CT molecular complexity index is 1210. The Morgan fingerprint density at radius 1 is 1.16 bits per heavy atom. The second-order valence-corrected chi connectivity index (χ2v) is 12.8. The molecule has 10 heteroatoms. The van der Waals surface area contributed by atoms with Crippen LogP contribution in [0.2, 0.25) is 0 Å². The molecule has 2 fully saturated rings. The van der Waals surface area contributed by atoms with Crippen LogP contribution in [0.3, 0.4) is 0 Å². The SMILES string of the molecule is CC1(CO)C(O)CCC2(C)C(CC(=O)NCc3cc(F)cc(F)c3)c3nc(NC(=O)C4CCC4)sc3CC12. The van der Waals surface area contributed by atoms with Crippen molar-refractivity contribution < 1.29 is 28.6 Å². The maximum Gasteiger partial charge on any atom is 0.229 e. The van der Waals surface area contributed by atoms with E-state index in [1.807, 2.05) is 6.92 Å². The summed E-state index contributed by atoms with van der Waals surface area (Å²) in [6.07, 6.45) is 3.97. The van der Waals surface area contributed by atoms with Crippen molar-refractivity contribution in [2.24, 2.45) is 22.7 Å². The molecule has 0 spiro atoms. The predicted molar refractivity (Wildman–Crippen MR) is 139 cm³/mol. The molecule has 4 N–H and O–H groups in total. The van der Waals surface area contributed by atoms with E-state index in [-0.39, 0.29) is 49.1 Å². The van der Waals surface area contributed by atoms with Crippen LogP contribution in [0.1, 0.15) is 74.4 Å². The van der Waals surface area contributed by atoms with E-state index < -0.39 is 28.6 Å². The first kappa shape index (κ1) is 27.1. The number of aromatic nitrogens is 1. The summed E-state index contributed by atoms with van der Waals surface area (Å²) in [4.78, 5) is 31.6. The van der Waals surface area contributed by atoms with Gasteiger partial charge in [0.25, 0.3) is 0 Å². The maximum atomic E-state index is 13.6. The zero-order valence-electron chi connectivity index (χ0n) is 21.7. The number of anilines is 1. The third kappa shape index (κ3) is 4.86. The van der Waals surface area contributed by atoms with Crippen LogP contribution in [0.25, 0.3) is 0 Å². The number of rotatable bonds is 7. The fourth-order valence-electron chi connectivity index (χ4n) is 6.75. The molecule has 38 heavy (non-hydrogen) atoms. The smallest absolute Gasteiger partial charge is 0.229 e. The summed E-state index contributed by atoms with van der Waals surface area (Å²) < 4.78 is 27.2. The summed E-state index contributed by atoms with van der Waals surface area (Å²) in [5.74, 6) is -2.13. The number of aliphatic hydroxyl groups excluding tert-OH is 2. The number of halogens is 2. The first-order valence-corrected chi connectivity index (χ1v) is 14.2. The Morgan fingerprint density at radius 2 is 1.87 bits per heavy atom. The number of hydrogen-bond acceptors (Lipinski definition) is 6. The number of amides is 2. The Kier molecular flexibility index (Phi) is 7.34. The highest BCUT2D eigenvalue weighted by Gasteiger charge is 2.59. The van der Waals surface area contributed by atoms with Gasteiger partial charge in [0.1, 0.15) is 11.6 Å². The molecule has 0 saturated heterocycles. The number of carbonyl (C=O) groups excluding carboxylic acids is 2. The number of fused-ring (bicyclic) bond motifs is 2. The molecular weight excluding hydrogens is 512 g/mol. The fraction of sp³-hybridized carbons (Fsp3) is 0.607. The standard InChI is InChI=1S/C28H35F2N3O4S/c1-27-7-6-22(35)28(2,14-34)21(27)12-20-24(32-26(38-20)33-25(37)16-4-3-5-16)19(27)11-23(36)31-13-15-8-17(29)10-18(30)9-15/h8-10,16,19,21-22,34-35H,3-7,11-14H2,1-2H3,(H,31,36)(H,32,33,37). The van der Waals surface area contributed by atoms with Crippen molar-refractivity contribution in [1.29, 1.82) is 0 Å². The zero-order chi connectivity index (χ0) is 27.2. The van der Waals surface area contributed by atoms with Crippen LogP contribution in [0.15, 0.2) is 18.2 Å². The van der Waals surface area contributed by atoms with Crippen molar-refractivity contribution in [3.8, 4) is 0 Å². The van der Waals surface area contributed by atoms with Gasteiger partial charge in [-0.05, 0) is 61.1 Å². The van der Waals surface area contributed by atoms with Crippen LogP contribution in [0.4, 0.5) is 13.9 Å². The van der Waals surface area contributed by atoms with Gasteiger partial charge in [-0.15, -0.1) is 11.3 Å². The minimum absolute atomic E-state index is 0.0121. The first-order chi connectivity index (χ1) is 18.0. The number of nitrogens with zero attached hydrogens (tertiary/aromatic N) is 1. The minimum atomic E-state index is -0.752. The normalized spacial score (nSPS) is 30.6. The van der Waals surface area contributed by atoms with Gasteiger partial charge in [0, 0.05) is 41.2 Å². The molecule has 5 unspecified atom stereocenters. The average molecular weight is 548 g/mol. The highest BCUT2D eigenvalue weighted by atomic mass is 32.1. The molecule has 1 heterocycles. The lowest BCUT2D eigenvalue weighted by atomic mass is 9.47. The number of thiazole rings is 1. The van der Waals surface area contributed by atoms with E-state index in [0.29, 0.717) is 30.0 Å². The monoisotopic (exact) mass is 547 g/mol. The Labute approximate surface area is 225 Å². The van der Waals surface area contributed by atoms with Gasteiger partial charge in [-0.1, -0.05) is 20.3 Å². The van der Waals surface area contributed by atoms with E-state index in [2.05, 4.69) is 17.6 Å². The molecule has 0 radical (unpaired) electrons. The van der Waals surface area contributed by atoms with Crippen molar-refractivity contribution in [3.05, 3.63) is 46.0 Å². The molecule has 3 aliphatic carbocycles. The molecule has 0 aliphatic heterocycles. The van der Waals surface area contributed by atoms with E-state index in [9.17, 15) is 28.6 Å².